The van der Waals surface area contributed by atoms with Gasteiger partial charge in [0.2, 0.25) is 0 Å². The number of H-pyrrole nitrogens is 1. The van der Waals surface area contributed by atoms with Crippen LogP contribution in [0.5, 0.6) is 0 Å². The van der Waals surface area contributed by atoms with Crippen molar-refractivity contribution in [3.05, 3.63) is 59.4 Å². The number of nitrogens with two attached hydrogens (primary N) is 1. The van der Waals surface area contributed by atoms with Gasteiger partial charge in [-0.3, -0.25) is 0 Å². The van der Waals surface area contributed by atoms with Crippen LogP contribution in [0.2, 0.25) is 0 Å². The first-order chi connectivity index (χ1) is 11.5. The third-order valence-electron chi connectivity index (χ3n) is 3.50. The summed E-state index contributed by atoms with van der Waals surface area (Å²) in [5, 5.41) is 9.03. The number of hydrogen-bond donors (Lipinski definition) is 3. The van der Waals surface area contributed by atoms with Crippen molar-refractivity contribution >= 4 is 40.1 Å². The Morgan fingerprint density at radius 1 is 1.25 bits per heavy atom. The fraction of sp³-hybridized carbons (Fsp3) is 0.118. The number of carbonyl (C=O) groups is 1. The molecule has 0 spiro atoms. The lowest BCUT2D eigenvalue weighted by Crippen LogP contribution is -2.12. The van der Waals surface area contributed by atoms with E-state index in [9.17, 15) is 4.79 Å². The fourth-order valence-corrected chi connectivity index (χ4v) is 2.42. The van der Waals surface area contributed by atoms with Gasteiger partial charge in [0.15, 0.2) is 0 Å². The third-order valence-corrected chi connectivity index (χ3v) is 3.77. The second-order valence-corrected chi connectivity index (χ2v) is 5.57. The molecule has 7 heteroatoms. The van der Waals surface area contributed by atoms with Crippen LogP contribution in [0.15, 0.2) is 47.5 Å². The quantitative estimate of drug-likeness (QED) is 0.376. The molecule has 0 aliphatic heterocycles. The van der Waals surface area contributed by atoms with Crippen molar-refractivity contribution in [3.8, 4) is 0 Å². The van der Waals surface area contributed by atoms with E-state index in [1.54, 1.807) is 18.2 Å². The zero-order valence-corrected chi connectivity index (χ0v) is 13.4. The normalized spacial score (nSPS) is 11.8. The molecule has 0 aliphatic carbocycles. The molecule has 0 radical (unpaired) electrons. The molecule has 6 nitrogen and oxygen atoms in total. The first-order valence-corrected chi connectivity index (χ1v) is 7.78. The van der Waals surface area contributed by atoms with Crippen LogP contribution in [-0.4, -0.2) is 32.8 Å². The molecule has 0 saturated heterocycles. The number of aromatic amines is 1. The van der Waals surface area contributed by atoms with Gasteiger partial charge in [0.05, 0.1) is 28.2 Å². The highest BCUT2D eigenvalue weighted by molar-refractivity contribution is 6.28. The standard InChI is InChI=1S/C17H15ClN4O2/c18-9-15(19)20-12-4-1-10(2-5-12)7-16-21-13-6-3-11(17(23)24)8-14(13)22-16/h1-6,8H,7,9H2,(H2,19,20)(H,21,22)(H,23,24). The van der Waals surface area contributed by atoms with E-state index in [2.05, 4.69) is 15.0 Å². The molecule has 2 aromatic carbocycles. The summed E-state index contributed by atoms with van der Waals surface area (Å²) >= 11 is 5.60. The van der Waals surface area contributed by atoms with Crippen LogP contribution in [0.3, 0.4) is 0 Å². The summed E-state index contributed by atoms with van der Waals surface area (Å²) in [7, 11) is 0. The van der Waals surface area contributed by atoms with Crippen molar-refractivity contribution in [3.63, 3.8) is 0 Å². The molecule has 0 bridgehead atoms. The zero-order chi connectivity index (χ0) is 17.1. The van der Waals surface area contributed by atoms with Gasteiger partial charge in [-0.05, 0) is 35.9 Å². The average molecular weight is 343 g/mol. The third kappa shape index (κ3) is 3.55. The molecule has 0 saturated carbocycles. The predicted molar refractivity (Wildman–Crippen MR) is 94.3 cm³/mol. The molecule has 0 unspecified atom stereocenters. The highest BCUT2D eigenvalue weighted by Gasteiger charge is 2.08. The van der Waals surface area contributed by atoms with Crippen LogP contribution in [0.4, 0.5) is 5.69 Å². The van der Waals surface area contributed by atoms with Gasteiger partial charge in [0.1, 0.15) is 11.7 Å². The maximum Gasteiger partial charge on any atom is 0.335 e. The lowest BCUT2D eigenvalue weighted by molar-refractivity contribution is 0.0697. The van der Waals surface area contributed by atoms with Crippen LogP contribution in [0.1, 0.15) is 21.7 Å². The Morgan fingerprint density at radius 3 is 2.67 bits per heavy atom. The average Bonchev–Trinajstić information content (AvgIpc) is 2.97. The van der Waals surface area contributed by atoms with Gasteiger partial charge in [-0.15, -0.1) is 11.6 Å². The van der Waals surface area contributed by atoms with E-state index in [4.69, 9.17) is 22.4 Å². The molecule has 1 aromatic heterocycles. The Kier molecular flexibility index (Phi) is 4.48. The van der Waals surface area contributed by atoms with Crippen LogP contribution in [0.25, 0.3) is 11.0 Å². The topological polar surface area (TPSA) is 104 Å². The van der Waals surface area contributed by atoms with Crippen molar-refractivity contribution in [2.24, 2.45) is 10.7 Å². The number of imidazole rings is 1. The number of carboxylic acids is 1. The number of hydrogen-bond acceptors (Lipinski definition) is 3. The lowest BCUT2D eigenvalue weighted by Gasteiger charge is -2.00. The van der Waals surface area contributed by atoms with Gasteiger partial charge in [0.25, 0.3) is 0 Å². The Morgan fingerprint density at radius 2 is 2.00 bits per heavy atom. The largest absolute Gasteiger partial charge is 0.478 e. The van der Waals surface area contributed by atoms with Crippen molar-refractivity contribution in [2.75, 3.05) is 5.88 Å². The fourth-order valence-electron chi connectivity index (χ4n) is 2.36. The maximum absolute atomic E-state index is 11.0. The number of aromatic carboxylic acids is 1. The van der Waals surface area contributed by atoms with Gasteiger partial charge in [-0.1, -0.05) is 12.1 Å². The maximum atomic E-state index is 11.0. The predicted octanol–water partition coefficient (Wildman–Crippen LogP) is 3.08. The molecule has 24 heavy (non-hydrogen) atoms. The van der Waals surface area contributed by atoms with Gasteiger partial charge in [-0.25, -0.2) is 14.8 Å². The molecule has 0 aliphatic rings. The number of alkyl halides is 1. The molecule has 3 rings (SSSR count). The Balaban J connectivity index is 1.80. The highest BCUT2D eigenvalue weighted by atomic mass is 35.5. The SMILES string of the molecule is NC(CCl)=Nc1ccc(Cc2nc3ccc(C(=O)O)cc3[nH]2)cc1. The number of rotatable bonds is 5. The van der Waals surface area contributed by atoms with Crippen LogP contribution >= 0.6 is 11.6 Å². The van der Waals surface area contributed by atoms with Crippen molar-refractivity contribution in [1.29, 1.82) is 0 Å². The summed E-state index contributed by atoms with van der Waals surface area (Å²) in [6, 6.07) is 12.4. The van der Waals surface area contributed by atoms with Crippen LogP contribution in [-0.2, 0) is 6.42 Å². The van der Waals surface area contributed by atoms with Gasteiger partial charge < -0.3 is 15.8 Å². The molecule has 0 fully saturated rings. The number of aromatic nitrogens is 2. The zero-order valence-electron chi connectivity index (χ0n) is 12.7. The summed E-state index contributed by atoms with van der Waals surface area (Å²) in [6.45, 7) is 0. The molecule has 3 aromatic rings. The Labute approximate surface area is 143 Å². The number of nitrogens with one attached hydrogen (secondary N) is 1. The van der Waals surface area contributed by atoms with Gasteiger partial charge in [0, 0.05) is 6.42 Å². The van der Waals surface area contributed by atoms with E-state index in [0.717, 1.165) is 22.6 Å². The van der Waals surface area contributed by atoms with E-state index in [0.29, 0.717) is 17.8 Å². The van der Waals surface area contributed by atoms with E-state index >= 15 is 0 Å². The number of nitrogens with zero attached hydrogens (tertiary/aromatic N) is 2. The van der Waals surface area contributed by atoms with E-state index in [1.165, 1.54) is 0 Å². The lowest BCUT2D eigenvalue weighted by atomic mass is 10.1. The molecule has 0 atom stereocenters. The number of fused-ring (bicyclic) bond motifs is 1. The number of benzene rings is 2. The second kappa shape index (κ2) is 6.72. The second-order valence-electron chi connectivity index (χ2n) is 5.30. The van der Waals surface area contributed by atoms with Gasteiger partial charge >= 0.3 is 5.97 Å². The number of amidine groups is 1. The highest BCUT2D eigenvalue weighted by Crippen LogP contribution is 2.18. The van der Waals surface area contributed by atoms with E-state index in [-0.39, 0.29) is 11.4 Å². The van der Waals surface area contributed by atoms with E-state index in [1.807, 2.05) is 24.3 Å². The van der Waals surface area contributed by atoms with Crippen molar-refractivity contribution in [2.45, 2.75) is 6.42 Å². The van der Waals surface area contributed by atoms with Crippen LogP contribution in [0, 0.1) is 0 Å². The van der Waals surface area contributed by atoms with Crippen molar-refractivity contribution < 1.29 is 9.90 Å². The minimum Gasteiger partial charge on any atom is -0.478 e. The first kappa shape index (κ1) is 16.0. The summed E-state index contributed by atoms with van der Waals surface area (Å²) in [5.41, 5.74) is 9.08. The minimum atomic E-state index is -0.958. The molecular weight excluding hydrogens is 328 g/mol. The summed E-state index contributed by atoms with van der Waals surface area (Å²) in [5.74, 6) is 0.374. The van der Waals surface area contributed by atoms with Gasteiger partial charge in [-0.2, -0.15) is 0 Å². The Bertz CT molecular complexity index is 916. The number of carboxylic acid groups (broad SMARTS) is 1. The molecule has 122 valence electrons. The summed E-state index contributed by atoms with van der Waals surface area (Å²) in [4.78, 5) is 22.8. The molecule has 0 amide bonds. The monoisotopic (exact) mass is 342 g/mol. The molecular formula is C17H15ClN4O2. The van der Waals surface area contributed by atoms with E-state index < -0.39 is 5.97 Å². The molecule has 4 N–H and O–H groups in total. The van der Waals surface area contributed by atoms with Crippen LogP contribution < -0.4 is 5.73 Å². The number of halogens is 1. The number of aliphatic imine (C=N–C) groups is 1. The first-order valence-electron chi connectivity index (χ1n) is 7.25. The summed E-state index contributed by atoms with van der Waals surface area (Å²) < 4.78 is 0. The summed E-state index contributed by atoms with van der Waals surface area (Å²) in [6.07, 6.45) is 0.603. The smallest absolute Gasteiger partial charge is 0.335 e. The molecule has 1 heterocycles. The van der Waals surface area contributed by atoms with Crippen molar-refractivity contribution in [1.82, 2.24) is 9.97 Å². The Hall–Kier alpha value is -2.86. The minimum absolute atomic E-state index is 0.194.